The highest BCUT2D eigenvalue weighted by molar-refractivity contribution is 5.70. The second-order valence-corrected chi connectivity index (χ2v) is 6.91. The van der Waals surface area contributed by atoms with Gasteiger partial charge in [-0.2, -0.15) is 0 Å². The van der Waals surface area contributed by atoms with Gasteiger partial charge in [-0.05, 0) is 29.2 Å². The number of fused-ring (bicyclic) bond motifs is 1. The van der Waals surface area contributed by atoms with Gasteiger partial charge in [0.25, 0.3) is 0 Å². The Morgan fingerprint density at radius 1 is 1.00 bits per heavy atom. The maximum Gasteiger partial charge on any atom is 0.410 e. The summed E-state index contributed by atoms with van der Waals surface area (Å²) in [7, 11) is 0. The van der Waals surface area contributed by atoms with Crippen molar-refractivity contribution in [2.75, 3.05) is 6.54 Å². The minimum atomic E-state index is -1.14. The van der Waals surface area contributed by atoms with Gasteiger partial charge in [-0.1, -0.05) is 54.6 Å². The molecule has 1 amide bonds. The molecule has 0 aliphatic carbocycles. The van der Waals surface area contributed by atoms with Crippen molar-refractivity contribution in [3.63, 3.8) is 0 Å². The molecule has 1 N–H and O–H groups in total. The second kappa shape index (κ2) is 7.91. The number of aromatic hydroxyl groups is 1. The first-order valence-electron chi connectivity index (χ1n) is 9.27. The molecule has 0 spiro atoms. The molecule has 1 aliphatic rings. The topological polar surface area (TPSA) is 49.8 Å². The third kappa shape index (κ3) is 3.78. The Hall–Kier alpha value is -3.41. The lowest BCUT2D eigenvalue weighted by Gasteiger charge is -2.37. The van der Waals surface area contributed by atoms with Gasteiger partial charge in [0.05, 0.1) is 6.04 Å². The van der Waals surface area contributed by atoms with Crippen LogP contribution in [-0.2, 0) is 17.8 Å². The molecule has 0 radical (unpaired) electrons. The van der Waals surface area contributed by atoms with Gasteiger partial charge in [-0.25, -0.2) is 13.6 Å². The quantitative estimate of drug-likeness (QED) is 0.682. The lowest BCUT2D eigenvalue weighted by atomic mass is 9.88. The predicted molar refractivity (Wildman–Crippen MR) is 103 cm³/mol. The number of amides is 1. The van der Waals surface area contributed by atoms with Crippen LogP contribution in [0.1, 0.15) is 28.3 Å². The van der Waals surface area contributed by atoms with E-state index in [1.54, 1.807) is 0 Å². The van der Waals surface area contributed by atoms with Crippen molar-refractivity contribution >= 4 is 6.09 Å². The summed E-state index contributed by atoms with van der Waals surface area (Å²) < 4.78 is 33.0. The summed E-state index contributed by atoms with van der Waals surface area (Å²) in [6.45, 7) is 0.419. The normalized spacial score (nSPS) is 15.7. The Labute approximate surface area is 167 Å². The van der Waals surface area contributed by atoms with Gasteiger partial charge < -0.3 is 9.84 Å². The van der Waals surface area contributed by atoms with Crippen molar-refractivity contribution in [2.45, 2.75) is 19.1 Å². The third-order valence-corrected chi connectivity index (χ3v) is 5.09. The lowest BCUT2D eigenvalue weighted by molar-refractivity contribution is 0.0832. The van der Waals surface area contributed by atoms with Crippen molar-refractivity contribution in [3.8, 4) is 5.75 Å². The first-order chi connectivity index (χ1) is 14.0. The molecule has 0 bridgehead atoms. The molecule has 1 aliphatic heterocycles. The molecule has 29 heavy (non-hydrogen) atoms. The van der Waals surface area contributed by atoms with E-state index < -0.39 is 29.5 Å². The molecule has 0 saturated carbocycles. The maximum absolute atomic E-state index is 14.0. The van der Waals surface area contributed by atoms with Crippen LogP contribution in [0.3, 0.4) is 0 Å². The van der Waals surface area contributed by atoms with Crippen LogP contribution in [0.25, 0.3) is 0 Å². The Kier molecular flexibility index (Phi) is 5.16. The zero-order valence-electron chi connectivity index (χ0n) is 15.5. The van der Waals surface area contributed by atoms with E-state index in [4.69, 9.17) is 4.74 Å². The molecule has 1 heterocycles. The van der Waals surface area contributed by atoms with E-state index in [1.165, 1.54) is 4.90 Å². The number of carbonyl (C=O) groups is 1. The molecule has 4 nitrogen and oxygen atoms in total. The van der Waals surface area contributed by atoms with Crippen LogP contribution >= 0.6 is 0 Å². The number of phenols is 1. The second-order valence-electron chi connectivity index (χ2n) is 6.91. The van der Waals surface area contributed by atoms with E-state index in [2.05, 4.69) is 0 Å². The average Bonchev–Trinajstić information content (AvgIpc) is 2.74. The Bertz CT molecular complexity index is 1040. The van der Waals surface area contributed by atoms with Crippen LogP contribution in [0, 0.1) is 11.6 Å². The number of nitrogens with zero attached hydrogens (tertiary/aromatic N) is 1. The van der Waals surface area contributed by atoms with E-state index in [0.717, 1.165) is 28.8 Å². The highest BCUT2D eigenvalue weighted by Gasteiger charge is 2.35. The highest BCUT2D eigenvalue weighted by atomic mass is 19.2. The minimum absolute atomic E-state index is 0.0916. The third-order valence-electron chi connectivity index (χ3n) is 5.09. The van der Waals surface area contributed by atoms with E-state index >= 15 is 0 Å². The van der Waals surface area contributed by atoms with Crippen LogP contribution in [-0.4, -0.2) is 22.6 Å². The van der Waals surface area contributed by atoms with E-state index in [0.29, 0.717) is 13.0 Å². The lowest BCUT2D eigenvalue weighted by Crippen LogP contribution is -2.41. The highest BCUT2D eigenvalue weighted by Crippen LogP contribution is 2.40. The number of phenolic OH excluding ortho intramolecular Hbond substituents is 1. The summed E-state index contributed by atoms with van der Waals surface area (Å²) in [6, 6.07) is 17.6. The molecule has 1 unspecified atom stereocenters. The fourth-order valence-corrected chi connectivity index (χ4v) is 3.67. The van der Waals surface area contributed by atoms with Crippen LogP contribution in [0.5, 0.6) is 5.75 Å². The standard InChI is InChI=1S/C23H19F2NO3/c24-19-12-18(21(27)13-20(19)25)22-17-9-5-4-8-16(17)10-11-26(22)23(28)29-14-15-6-2-1-3-7-15/h1-9,12-13,22,27H,10-11,14H2. The fourth-order valence-electron chi connectivity index (χ4n) is 3.67. The van der Waals surface area contributed by atoms with Crippen molar-refractivity contribution in [1.29, 1.82) is 0 Å². The monoisotopic (exact) mass is 395 g/mol. The first kappa shape index (κ1) is 18.9. The van der Waals surface area contributed by atoms with E-state index in [9.17, 15) is 18.7 Å². The molecule has 0 fully saturated rings. The molecular formula is C23H19F2NO3. The van der Waals surface area contributed by atoms with Crippen LogP contribution in [0.2, 0.25) is 0 Å². The van der Waals surface area contributed by atoms with Crippen molar-refractivity contribution in [2.24, 2.45) is 0 Å². The van der Waals surface area contributed by atoms with Gasteiger partial charge in [0.1, 0.15) is 12.4 Å². The van der Waals surface area contributed by atoms with Crippen LogP contribution < -0.4 is 0 Å². The number of hydrogen-bond donors (Lipinski definition) is 1. The molecule has 1 atom stereocenters. The zero-order valence-corrected chi connectivity index (χ0v) is 15.5. The molecule has 0 aromatic heterocycles. The number of hydrogen-bond acceptors (Lipinski definition) is 3. The average molecular weight is 395 g/mol. The predicted octanol–water partition coefficient (Wildman–Crippen LogP) is 4.95. The summed E-state index contributed by atoms with van der Waals surface area (Å²) in [5.74, 6) is -2.64. The first-order valence-corrected chi connectivity index (χ1v) is 9.27. The number of halogens is 2. The molecule has 4 rings (SSSR count). The molecule has 3 aromatic rings. The summed E-state index contributed by atoms with van der Waals surface area (Å²) in [5, 5.41) is 10.3. The van der Waals surface area contributed by atoms with Crippen molar-refractivity contribution in [3.05, 3.63) is 101 Å². The number of ether oxygens (including phenoxy) is 1. The van der Waals surface area contributed by atoms with Gasteiger partial charge in [0.15, 0.2) is 11.6 Å². The van der Waals surface area contributed by atoms with Gasteiger partial charge in [-0.3, -0.25) is 4.90 Å². The van der Waals surface area contributed by atoms with Gasteiger partial charge >= 0.3 is 6.09 Å². The van der Waals surface area contributed by atoms with Crippen molar-refractivity contribution in [1.82, 2.24) is 4.90 Å². The summed E-state index contributed by atoms with van der Waals surface area (Å²) in [6.07, 6.45) is 0.00913. The Balaban J connectivity index is 1.69. The summed E-state index contributed by atoms with van der Waals surface area (Å²) >= 11 is 0. The van der Waals surface area contributed by atoms with Gasteiger partial charge in [0.2, 0.25) is 0 Å². The van der Waals surface area contributed by atoms with Gasteiger partial charge in [-0.15, -0.1) is 0 Å². The van der Waals surface area contributed by atoms with Crippen molar-refractivity contribution < 1.29 is 23.4 Å². The molecule has 3 aromatic carbocycles. The smallest absolute Gasteiger partial charge is 0.410 e. The number of benzene rings is 3. The summed E-state index contributed by atoms with van der Waals surface area (Å²) in [4.78, 5) is 14.3. The Morgan fingerprint density at radius 2 is 1.69 bits per heavy atom. The largest absolute Gasteiger partial charge is 0.507 e. The minimum Gasteiger partial charge on any atom is -0.507 e. The fraction of sp³-hybridized carbons (Fsp3) is 0.174. The van der Waals surface area contributed by atoms with E-state index in [1.807, 2.05) is 54.6 Å². The van der Waals surface area contributed by atoms with Gasteiger partial charge in [0, 0.05) is 18.2 Å². The van der Waals surface area contributed by atoms with E-state index in [-0.39, 0.29) is 12.2 Å². The molecule has 0 saturated heterocycles. The number of carbonyl (C=O) groups excluding carboxylic acids is 1. The maximum atomic E-state index is 14.0. The summed E-state index contributed by atoms with van der Waals surface area (Å²) in [5.41, 5.74) is 2.68. The zero-order chi connectivity index (χ0) is 20.4. The van der Waals surface area contributed by atoms with Crippen LogP contribution in [0.15, 0.2) is 66.7 Å². The molecule has 6 heteroatoms. The Morgan fingerprint density at radius 3 is 2.48 bits per heavy atom. The number of rotatable bonds is 3. The molecular weight excluding hydrogens is 376 g/mol. The van der Waals surface area contributed by atoms with Crippen LogP contribution in [0.4, 0.5) is 13.6 Å². The molecule has 148 valence electrons. The SMILES string of the molecule is O=C(OCc1ccccc1)N1CCc2ccccc2C1c1cc(F)c(F)cc1O.